The number of hydrogen-bond donors (Lipinski definition) is 1. The van der Waals surface area contributed by atoms with E-state index in [1.54, 1.807) is 0 Å². The lowest BCUT2D eigenvalue weighted by molar-refractivity contribution is 0.223. The summed E-state index contributed by atoms with van der Waals surface area (Å²) in [5.74, 6) is 0. The van der Waals surface area contributed by atoms with E-state index in [1.165, 1.54) is 24.8 Å². The van der Waals surface area contributed by atoms with Crippen molar-refractivity contribution in [3.8, 4) is 0 Å². The van der Waals surface area contributed by atoms with Crippen molar-refractivity contribution < 1.29 is 0 Å². The van der Waals surface area contributed by atoms with E-state index in [0.29, 0.717) is 0 Å². The normalized spacial score (nSPS) is 43.8. The fraction of sp³-hybridized carbons (Fsp3) is 0.714. The molecule has 1 aliphatic carbocycles. The van der Waals surface area contributed by atoms with E-state index in [2.05, 4.69) is 11.9 Å². The first-order valence-corrected chi connectivity index (χ1v) is 3.27. The summed E-state index contributed by atoms with van der Waals surface area (Å²) in [6, 6.07) is 1.61. The van der Waals surface area contributed by atoms with Crippen LogP contribution in [0.15, 0.2) is 12.2 Å². The molecule has 0 radical (unpaired) electrons. The van der Waals surface area contributed by atoms with E-state index in [4.69, 9.17) is 0 Å². The average molecular weight is 109 g/mol. The molecule has 0 spiro atoms. The van der Waals surface area contributed by atoms with Gasteiger partial charge in [0.1, 0.15) is 0 Å². The number of fused-ring (bicyclic) bond motifs is 2. The SMILES string of the molecule is C=C1CC2CC(C1)N2. The maximum atomic E-state index is 3.96. The summed E-state index contributed by atoms with van der Waals surface area (Å²) in [6.45, 7) is 3.96. The third-order valence-corrected chi connectivity index (χ3v) is 2.11. The van der Waals surface area contributed by atoms with Crippen LogP contribution in [0.25, 0.3) is 0 Å². The van der Waals surface area contributed by atoms with Crippen LogP contribution in [0.1, 0.15) is 19.3 Å². The molecule has 0 aromatic carbocycles. The molecule has 44 valence electrons. The summed E-state index contributed by atoms with van der Waals surface area (Å²) >= 11 is 0. The zero-order chi connectivity index (χ0) is 5.56. The maximum absolute atomic E-state index is 3.96. The quantitative estimate of drug-likeness (QED) is 0.459. The van der Waals surface area contributed by atoms with E-state index >= 15 is 0 Å². The van der Waals surface area contributed by atoms with Crippen molar-refractivity contribution in [3.05, 3.63) is 12.2 Å². The molecule has 2 bridgehead atoms. The average Bonchev–Trinajstić information content (AvgIpc) is 1.62. The first-order chi connectivity index (χ1) is 3.84. The molecular formula is C7H11N. The van der Waals surface area contributed by atoms with Gasteiger partial charge in [0.05, 0.1) is 0 Å². The standard InChI is InChI=1S/C7H11N/c1-5-2-6-4-7(3-5)8-6/h6-8H,1-4H2. The Hall–Kier alpha value is -0.300. The number of rotatable bonds is 0. The number of hydrogen-bond acceptors (Lipinski definition) is 1. The van der Waals surface area contributed by atoms with E-state index in [1.807, 2.05) is 0 Å². The Morgan fingerprint density at radius 2 is 1.88 bits per heavy atom. The van der Waals surface area contributed by atoms with Crippen molar-refractivity contribution >= 4 is 0 Å². The van der Waals surface area contributed by atoms with Crippen LogP contribution in [-0.2, 0) is 0 Å². The topological polar surface area (TPSA) is 12.0 Å². The molecule has 0 amide bonds. The molecule has 8 heavy (non-hydrogen) atoms. The van der Waals surface area contributed by atoms with Gasteiger partial charge in [0.15, 0.2) is 0 Å². The molecule has 2 atom stereocenters. The van der Waals surface area contributed by atoms with Crippen LogP contribution in [0, 0.1) is 0 Å². The van der Waals surface area contributed by atoms with Gasteiger partial charge in [-0.15, -0.1) is 0 Å². The van der Waals surface area contributed by atoms with Crippen LogP contribution in [-0.4, -0.2) is 12.1 Å². The third-order valence-electron chi connectivity index (χ3n) is 2.11. The molecule has 1 heteroatoms. The van der Waals surface area contributed by atoms with Gasteiger partial charge in [-0.05, 0) is 19.3 Å². The smallest absolute Gasteiger partial charge is 0.0122 e. The molecule has 0 aromatic heterocycles. The monoisotopic (exact) mass is 109 g/mol. The highest BCUT2D eigenvalue weighted by Gasteiger charge is 2.33. The minimum atomic E-state index is 0.807. The lowest BCUT2D eigenvalue weighted by Crippen LogP contribution is -2.55. The molecule has 2 saturated heterocycles. The predicted octanol–water partition coefficient (Wildman–Crippen LogP) is 1.07. The zero-order valence-corrected chi connectivity index (χ0v) is 4.98. The van der Waals surface area contributed by atoms with Crippen molar-refractivity contribution in [3.63, 3.8) is 0 Å². The highest BCUT2D eigenvalue weighted by Crippen LogP contribution is 2.30. The molecule has 3 rings (SSSR count). The van der Waals surface area contributed by atoms with Gasteiger partial charge in [0, 0.05) is 12.1 Å². The highest BCUT2D eigenvalue weighted by atomic mass is 15.0. The minimum Gasteiger partial charge on any atom is -0.310 e. The Bertz CT molecular complexity index is 110. The summed E-state index contributed by atoms with van der Waals surface area (Å²) in [4.78, 5) is 0. The molecule has 3 fully saturated rings. The second-order valence-electron chi connectivity index (χ2n) is 2.95. The fourth-order valence-electron chi connectivity index (χ4n) is 1.72. The van der Waals surface area contributed by atoms with Gasteiger partial charge in [-0.3, -0.25) is 0 Å². The van der Waals surface area contributed by atoms with Gasteiger partial charge >= 0.3 is 0 Å². The van der Waals surface area contributed by atoms with Gasteiger partial charge in [0.2, 0.25) is 0 Å². The molecule has 1 saturated carbocycles. The second kappa shape index (κ2) is 1.35. The molecule has 2 unspecified atom stereocenters. The van der Waals surface area contributed by atoms with Gasteiger partial charge in [0.25, 0.3) is 0 Å². The van der Waals surface area contributed by atoms with E-state index in [9.17, 15) is 0 Å². The van der Waals surface area contributed by atoms with Crippen molar-refractivity contribution in [1.82, 2.24) is 5.32 Å². The molecular weight excluding hydrogens is 98.1 g/mol. The van der Waals surface area contributed by atoms with Crippen LogP contribution < -0.4 is 5.32 Å². The lowest BCUT2D eigenvalue weighted by atomic mass is 9.80. The van der Waals surface area contributed by atoms with Gasteiger partial charge < -0.3 is 5.32 Å². The molecule has 2 aliphatic heterocycles. The Morgan fingerprint density at radius 1 is 1.38 bits per heavy atom. The maximum Gasteiger partial charge on any atom is 0.0122 e. The van der Waals surface area contributed by atoms with Crippen molar-refractivity contribution in [1.29, 1.82) is 0 Å². The largest absolute Gasteiger partial charge is 0.310 e. The second-order valence-corrected chi connectivity index (χ2v) is 2.95. The number of piperidine rings is 1. The van der Waals surface area contributed by atoms with Gasteiger partial charge in [-0.1, -0.05) is 12.2 Å². The van der Waals surface area contributed by atoms with E-state index < -0.39 is 0 Å². The van der Waals surface area contributed by atoms with E-state index in [0.717, 1.165) is 12.1 Å². The minimum absolute atomic E-state index is 0.807. The summed E-state index contributed by atoms with van der Waals surface area (Å²) < 4.78 is 0. The van der Waals surface area contributed by atoms with Crippen LogP contribution in [0.5, 0.6) is 0 Å². The van der Waals surface area contributed by atoms with Gasteiger partial charge in [-0.25, -0.2) is 0 Å². The molecule has 1 N–H and O–H groups in total. The zero-order valence-electron chi connectivity index (χ0n) is 4.98. The summed E-state index contributed by atoms with van der Waals surface area (Å²) in [5, 5.41) is 3.45. The first-order valence-electron chi connectivity index (χ1n) is 3.27. The summed E-state index contributed by atoms with van der Waals surface area (Å²) in [6.07, 6.45) is 3.87. The Morgan fingerprint density at radius 3 is 2.12 bits per heavy atom. The van der Waals surface area contributed by atoms with Crippen molar-refractivity contribution in [2.45, 2.75) is 31.3 Å². The Labute approximate surface area is 49.8 Å². The predicted molar refractivity (Wildman–Crippen MR) is 33.7 cm³/mol. The molecule has 1 nitrogen and oxygen atoms in total. The Balaban J connectivity index is 2.07. The van der Waals surface area contributed by atoms with Crippen molar-refractivity contribution in [2.24, 2.45) is 0 Å². The van der Waals surface area contributed by atoms with Crippen LogP contribution in [0.2, 0.25) is 0 Å². The van der Waals surface area contributed by atoms with Crippen LogP contribution in [0.3, 0.4) is 0 Å². The summed E-state index contributed by atoms with van der Waals surface area (Å²) in [5.41, 5.74) is 1.45. The van der Waals surface area contributed by atoms with E-state index in [-0.39, 0.29) is 0 Å². The molecule has 3 aliphatic rings. The molecule has 2 heterocycles. The number of nitrogens with one attached hydrogen (secondary N) is 1. The first kappa shape index (κ1) is 4.57. The van der Waals surface area contributed by atoms with Crippen LogP contribution in [0.4, 0.5) is 0 Å². The Kier molecular flexibility index (Phi) is 0.770. The van der Waals surface area contributed by atoms with Crippen molar-refractivity contribution in [2.75, 3.05) is 0 Å². The summed E-state index contributed by atoms with van der Waals surface area (Å²) in [7, 11) is 0. The fourth-order valence-corrected chi connectivity index (χ4v) is 1.72. The third kappa shape index (κ3) is 0.511. The lowest BCUT2D eigenvalue weighted by Gasteiger charge is -2.43. The molecule has 0 aromatic rings. The van der Waals surface area contributed by atoms with Crippen LogP contribution >= 0.6 is 0 Å². The highest BCUT2D eigenvalue weighted by molar-refractivity contribution is 5.12. The van der Waals surface area contributed by atoms with Gasteiger partial charge in [-0.2, -0.15) is 0 Å².